The van der Waals surface area contributed by atoms with Crippen molar-refractivity contribution in [1.29, 1.82) is 0 Å². The Balaban J connectivity index is 2.31. The molecule has 154 valence electrons. The second-order valence-electron chi connectivity index (χ2n) is 6.11. The predicted octanol–water partition coefficient (Wildman–Crippen LogP) is 5.95. The van der Waals surface area contributed by atoms with E-state index in [-0.39, 0.29) is 26.1 Å². The number of nitrogens with zero attached hydrogens (tertiary/aromatic N) is 3. The minimum absolute atomic E-state index is 0.0103. The lowest BCUT2D eigenvalue weighted by atomic mass is 10.0. The molecule has 0 atom stereocenters. The van der Waals surface area contributed by atoms with Crippen molar-refractivity contribution < 1.29 is 26.3 Å². The van der Waals surface area contributed by atoms with E-state index in [1.54, 1.807) is 0 Å². The Bertz CT molecular complexity index is 949. The maximum atomic E-state index is 13.9. The van der Waals surface area contributed by atoms with Gasteiger partial charge in [-0.2, -0.15) is 26.3 Å². The van der Waals surface area contributed by atoms with Gasteiger partial charge >= 0.3 is 18.0 Å². The fourth-order valence-corrected chi connectivity index (χ4v) is 3.09. The molecule has 0 aliphatic carbocycles. The Hall–Kier alpha value is -2.26. The third kappa shape index (κ3) is 3.69. The molecule has 0 fully saturated rings. The fraction of sp³-hybridized carbons (Fsp3) is 0.222. The first kappa shape index (κ1) is 21.4. The normalized spacial score (nSPS) is 17.1. The average molecular weight is 454 g/mol. The van der Waals surface area contributed by atoms with Crippen LogP contribution in [0.5, 0.6) is 0 Å². The zero-order chi connectivity index (χ0) is 21.6. The summed E-state index contributed by atoms with van der Waals surface area (Å²) in [7, 11) is 0.649. The van der Waals surface area contributed by atoms with Gasteiger partial charge < -0.3 is 4.90 Å². The smallest absolute Gasteiger partial charge is 0.319 e. The number of benzene rings is 2. The number of rotatable bonds is 2. The van der Waals surface area contributed by atoms with E-state index in [4.69, 9.17) is 23.2 Å². The van der Waals surface area contributed by atoms with Crippen LogP contribution >= 0.6 is 23.2 Å². The van der Waals surface area contributed by atoms with Crippen molar-refractivity contribution >= 4 is 34.9 Å². The molecular weight excluding hydrogens is 443 g/mol. The largest absolute Gasteiger partial charge is 0.441 e. The number of alkyl halides is 6. The molecule has 0 aromatic heterocycles. The van der Waals surface area contributed by atoms with Crippen molar-refractivity contribution in [3.63, 3.8) is 0 Å². The van der Waals surface area contributed by atoms with Crippen LogP contribution < -0.4 is 0 Å². The van der Waals surface area contributed by atoms with Crippen LogP contribution in [0.15, 0.2) is 58.5 Å². The maximum Gasteiger partial charge on any atom is 0.441 e. The number of hydrogen-bond acceptors (Lipinski definition) is 3. The van der Waals surface area contributed by atoms with Crippen LogP contribution in [-0.4, -0.2) is 41.6 Å². The third-order valence-electron chi connectivity index (χ3n) is 4.28. The third-order valence-corrected chi connectivity index (χ3v) is 4.78. The number of aliphatic imine (C=N–C) groups is 2. The van der Waals surface area contributed by atoms with Gasteiger partial charge in [0.15, 0.2) is 5.84 Å². The number of amidine groups is 2. The van der Waals surface area contributed by atoms with Gasteiger partial charge in [-0.25, -0.2) is 9.98 Å². The van der Waals surface area contributed by atoms with Crippen molar-refractivity contribution in [1.82, 2.24) is 4.90 Å². The molecule has 0 unspecified atom stereocenters. The van der Waals surface area contributed by atoms with Crippen molar-refractivity contribution in [2.75, 3.05) is 7.05 Å². The van der Waals surface area contributed by atoms with E-state index in [0.717, 1.165) is 0 Å². The van der Waals surface area contributed by atoms with Crippen molar-refractivity contribution in [3.8, 4) is 0 Å². The van der Waals surface area contributed by atoms with Gasteiger partial charge in [0.25, 0.3) is 0 Å². The van der Waals surface area contributed by atoms with Crippen LogP contribution in [0.1, 0.15) is 11.1 Å². The average Bonchev–Trinajstić information content (AvgIpc) is 2.61. The summed E-state index contributed by atoms with van der Waals surface area (Å²) in [5, 5.41) is 0.513. The Morgan fingerprint density at radius 1 is 0.759 bits per heavy atom. The molecule has 3 nitrogen and oxygen atoms in total. The van der Waals surface area contributed by atoms with Gasteiger partial charge in [0.1, 0.15) is 5.84 Å². The van der Waals surface area contributed by atoms with E-state index in [1.807, 2.05) is 0 Å². The molecule has 11 heteroatoms. The highest BCUT2D eigenvalue weighted by molar-refractivity contribution is 6.31. The minimum atomic E-state index is -5.79. The Morgan fingerprint density at radius 2 is 1.17 bits per heavy atom. The lowest BCUT2D eigenvalue weighted by molar-refractivity contribution is -0.325. The lowest BCUT2D eigenvalue weighted by Gasteiger charge is -2.44. The fourth-order valence-electron chi connectivity index (χ4n) is 2.83. The first-order valence-electron chi connectivity index (χ1n) is 7.94. The summed E-state index contributed by atoms with van der Waals surface area (Å²) in [6.07, 6.45) is -11.6. The summed E-state index contributed by atoms with van der Waals surface area (Å²) in [6, 6.07) is 10.4. The topological polar surface area (TPSA) is 28.0 Å². The summed E-state index contributed by atoms with van der Waals surface area (Å²) in [6.45, 7) is 0. The molecule has 0 radical (unpaired) electrons. The Kier molecular flexibility index (Phi) is 5.33. The summed E-state index contributed by atoms with van der Waals surface area (Å²) >= 11 is 11.5. The molecule has 2 aromatic carbocycles. The molecular formula is C18H11Cl2F6N3. The van der Waals surface area contributed by atoms with Crippen molar-refractivity contribution in [3.05, 3.63) is 69.7 Å². The monoisotopic (exact) mass is 453 g/mol. The van der Waals surface area contributed by atoms with E-state index in [1.165, 1.54) is 48.5 Å². The van der Waals surface area contributed by atoms with Gasteiger partial charge in [-0.15, -0.1) is 0 Å². The minimum Gasteiger partial charge on any atom is -0.319 e. The number of halogens is 8. The van der Waals surface area contributed by atoms with Crippen LogP contribution in [0.25, 0.3) is 0 Å². The highest BCUT2D eigenvalue weighted by Gasteiger charge is 2.75. The molecule has 29 heavy (non-hydrogen) atoms. The molecule has 0 bridgehead atoms. The highest BCUT2D eigenvalue weighted by atomic mass is 35.5. The maximum absolute atomic E-state index is 13.9. The quantitative estimate of drug-likeness (QED) is 0.516. The van der Waals surface area contributed by atoms with Crippen LogP contribution in [0, 0.1) is 0 Å². The van der Waals surface area contributed by atoms with Crippen molar-refractivity contribution in [2.24, 2.45) is 9.98 Å². The van der Waals surface area contributed by atoms with E-state index in [9.17, 15) is 26.3 Å². The molecule has 2 aromatic rings. The molecule has 1 aliphatic rings. The molecule has 1 heterocycles. The van der Waals surface area contributed by atoms with Crippen LogP contribution in [-0.2, 0) is 0 Å². The summed E-state index contributed by atoms with van der Waals surface area (Å²) in [5.41, 5.74) is -4.56. The second-order valence-corrected chi connectivity index (χ2v) is 6.98. The lowest BCUT2D eigenvalue weighted by Crippen LogP contribution is -2.68. The van der Waals surface area contributed by atoms with E-state index < -0.39 is 29.7 Å². The molecule has 0 spiro atoms. The Morgan fingerprint density at radius 3 is 1.59 bits per heavy atom. The van der Waals surface area contributed by atoms with E-state index in [2.05, 4.69) is 9.98 Å². The summed E-state index contributed by atoms with van der Waals surface area (Å²) in [4.78, 5) is 7.04. The standard InChI is InChI=1S/C18H11Cl2F6N3/c1-29-15(11-4-8-13(20)9-5-11)27-14(10-2-6-12(19)7-3-10)28-16(29,17(21,22)23)18(24,25)26/h2-9H,1H3. The SMILES string of the molecule is CN1C(c2ccc(Cl)cc2)=NC(c2ccc(Cl)cc2)=NC1(C(F)(F)F)C(F)(F)F. The first-order valence-corrected chi connectivity index (χ1v) is 8.70. The molecule has 0 N–H and O–H groups in total. The highest BCUT2D eigenvalue weighted by Crippen LogP contribution is 2.49. The summed E-state index contributed by atoms with van der Waals surface area (Å²) < 4.78 is 83.3. The second kappa shape index (κ2) is 7.21. The van der Waals surface area contributed by atoms with E-state index >= 15 is 0 Å². The van der Waals surface area contributed by atoms with Gasteiger partial charge in [-0.3, -0.25) is 0 Å². The van der Waals surface area contributed by atoms with Gasteiger partial charge in [0.2, 0.25) is 0 Å². The zero-order valence-corrected chi connectivity index (χ0v) is 16.0. The Labute approximate surface area is 171 Å². The molecule has 0 amide bonds. The van der Waals surface area contributed by atoms with Crippen LogP contribution in [0.2, 0.25) is 10.0 Å². The van der Waals surface area contributed by atoms with Gasteiger partial charge in [-0.05, 0) is 48.5 Å². The molecule has 3 rings (SSSR count). The summed E-state index contributed by atoms with van der Waals surface area (Å²) in [5.74, 6) is -1.28. The predicted molar refractivity (Wildman–Crippen MR) is 98.6 cm³/mol. The molecule has 1 aliphatic heterocycles. The van der Waals surface area contributed by atoms with E-state index in [0.29, 0.717) is 7.05 Å². The zero-order valence-electron chi connectivity index (χ0n) is 14.5. The van der Waals surface area contributed by atoms with Crippen LogP contribution in [0.3, 0.4) is 0 Å². The van der Waals surface area contributed by atoms with Crippen molar-refractivity contribution in [2.45, 2.75) is 18.0 Å². The first-order chi connectivity index (χ1) is 13.4. The van der Waals surface area contributed by atoms with Gasteiger partial charge in [0.05, 0.1) is 0 Å². The number of hydrogen-bond donors (Lipinski definition) is 0. The van der Waals surface area contributed by atoms with Crippen LogP contribution in [0.4, 0.5) is 26.3 Å². The molecule has 0 saturated carbocycles. The van der Waals surface area contributed by atoms with Gasteiger partial charge in [0, 0.05) is 28.2 Å². The van der Waals surface area contributed by atoms with Gasteiger partial charge in [-0.1, -0.05) is 23.2 Å². The molecule has 0 saturated heterocycles.